The first-order valence-corrected chi connectivity index (χ1v) is 13.4. The molecule has 4 aliphatic rings. The molecule has 0 unspecified atom stereocenters. The molecule has 2 aliphatic carbocycles. The number of hydrogen-bond acceptors (Lipinski definition) is 5. The summed E-state index contributed by atoms with van der Waals surface area (Å²) < 4.78 is 5.44. The van der Waals surface area contributed by atoms with E-state index >= 15 is 0 Å². The first-order valence-electron chi connectivity index (χ1n) is 13.4. The molecule has 2 heterocycles. The number of nitrogens with zero attached hydrogens (tertiary/aromatic N) is 2. The zero-order valence-electron chi connectivity index (χ0n) is 21.4. The number of ether oxygens (including phenoxy) is 1. The molecule has 192 valence electrons. The molecule has 8 nitrogen and oxygen atoms in total. The van der Waals surface area contributed by atoms with Gasteiger partial charge in [0.15, 0.2) is 0 Å². The van der Waals surface area contributed by atoms with E-state index in [9.17, 15) is 14.4 Å². The van der Waals surface area contributed by atoms with Crippen molar-refractivity contribution in [3.63, 3.8) is 0 Å². The Kier molecular flexibility index (Phi) is 7.75. The molecule has 0 aromatic rings. The lowest BCUT2D eigenvalue weighted by atomic mass is 9.65. The van der Waals surface area contributed by atoms with E-state index in [4.69, 9.17) is 4.74 Å². The number of amides is 3. The van der Waals surface area contributed by atoms with E-state index in [1.165, 1.54) is 19.3 Å². The number of carbonyl (C=O) groups excluding carboxylic acids is 3. The summed E-state index contributed by atoms with van der Waals surface area (Å²) >= 11 is 0. The van der Waals surface area contributed by atoms with Crippen LogP contribution in [0.4, 0.5) is 4.79 Å². The molecule has 2 saturated carbocycles. The van der Waals surface area contributed by atoms with Crippen LogP contribution in [0.3, 0.4) is 0 Å². The molecule has 1 atom stereocenters. The molecule has 2 N–H and O–H groups in total. The third-order valence-electron chi connectivity index (χ3n) is 8.13. The molecule has 8 heteroatoms. The summed E-state index contributed by atoms with van der Waals surface area (Å²) in [6, 6.07) is -0.429. The summed E-state index contributed by atoms with van der Waals surface area (Å²) in [6.45, 7) is 9.77. The number of carbonyl (C=O) groups is 3. The second kappa shape index (κ2) is 10.4. The van der Waals surface area contributed by atoms with Gasteiger partial charge in [0.25, 0.3) is 0 Å². The smallest absolute Gasteiger partial charge is 0.408 e. The van der Waals surface area contributed by atoms with Gasteiger partial charge in [0.2, 0.25) is 11.8 Å². The minimum Gasteiger partial charge on any atom is -0.444 e. The predicted octanol–water partition coefficient (Wildman–Crippen LogP) is 3.05. The molecule has 0 radical (unpaired) electrons. The van der Waals surface area contributed by atoms with E-state index < -0.39 is 17.7 Å². The van der Waals surface area contributed by atoms with Gasteiger partial charge in [-0.1, -0.05) is 19.3 Å². The second-order valence-electron chi connectivity index (χ2n) is 12.2. The van der Waals surface area contributed by atoms with Crippen LogP contribution in [0.2, 0.25) is 0 Å². The lowest BCUT2D eigenvalue weighted by Gasteiger charge is -2.46. The minimum atomic E-state index is -0.599. The molecule has 1 spiro atoms. The Morgan fingerprint density at radius 2 is 1.68 bits per heavy atom. The molecule has 0 bridgehead atoms. The Bertz CT molecular complexity index is 746. The van der Waals surface area contributed by atoms with Gasteiger partial charge in [-0.15, -0.1) is 0 Å². The summed E-state index contributed by atoms with van der Waals surface area (Å²) in [5.74, 6) is 0.322. The lowest BCUT2D eigenvalue weighted by Crippen LogP contribution is -2.58. The van der Waals surface area contributed by atoms with Crippen LogP contribution >= 0.6 is 0 Å². The molecule has 2 aliphatic heterocycles. The van der Waals surface area contributed by atoms with Crippen molar-refractivity contribution >= 4 is 17.9 Å². The third-order valence-corrected chi connectivity index (χ3v) is 8.13. The maximum absolute atomic E-state index is 13.3. The summed E-state index contributed by atoms with van der Waals surface area (Å²) in [5, 5.41) is 6.10. The van der Waals surface area contributed by atoms with E-state index in [-0.39, 0.29) is 29.2 Å². The minimum absolute atomic E-state index is 0.0856. The highest BCUT2D eigenvalue weighted by molar-refractivity contribution is 5.86. The van der Waals surface area contributed by atoms with E-state index in [0.29, 0.717) is 6.54 Å². The van der Waals surface area contributed by atoms with Crippen molar-refractivity contribution in [1.82, 2.24) is 20.4 Å². The highest BCUT2D eigenvalue weighted by Gasteiger charge is 2.50. The monoisotopic (exact) mass is 476 g/mol. The van der Waals surface area contributed by atoms with E-state index in [1.54, 1.807) is 0 Å². The Hall–Kier alpha value is -1.83. The van der Waals surface area contributed by atoms with Gasteiger partial charge in [0, 0.05) is 19.1 Å². The predicted molar refractivity (Wildman–Crippen MR) is 130 cm³/mol. The maximum atomic E-state index is 13.3. The second-order valence-corrected chi connectivity index (χ2v) is 12.2. The molecular formula is C26H44N4O4. The number of likely N-dealkylation sites (tertiary alicyclic amines) is 2. The summed E-state index contributed by atoms with van der Waals surface area (Å²) in [7, 11) is 0. The Morgan fingerprint density at radius 1 is 1.00 bits per heavy atom. The van der Waals surface area contributed by atoms with Gasteiger partial charge in [-0.05, 0) is 90.1 Å². The summed E-state index contributed by atoms with van der Waals surface area (Å²) in [6.07, 6.45) is 10.0. The van der Waals surface area contributed by atoms with Gasteiger partial charge in [-0.2, -0.15) is 0 Å². The highest BCUT2D eigenvalue weighted by Crippen LogP contribution is 2.48. The fraction of sp³-hybridized carbons (Fsp3) is 0.885. The quantitative estimate of drug-likeness (QED) is 0.615. The van der Waals surface area contributed by atoms with E-state index in [0.717, 1.165) is 71.1 Å². The molecule has 2 saturated heterocycles. The average molecular weight is 477 g/mol. The number of nitrogens with one attached hydrogen (secondary N) is 2. The first-order chi connectivity index (χ1) is 16.1. The SMILES string of the molecule is CC(C)(C)OC(=O)N[C@H](C(=O)NC1CC2(CCN(C(=O)CN3CCCC3)C2)C1)C1CCCCC1. The molecule has 4 fully saturated rings. The molecule has 34 heavy (non-hydrogen) atoms. The first kappa shape index (κ1) is 25.3. The van der Waals surface area contributed by atoms with Gasteiger partial charge in [-0.25, -0.2) is 4.79 Å². The van der Waals surface area contributed by atoms with Crippen LogP contribution in [0.5, 0.6) is 0 Å². The molecular weight excluding hydrogens is 432 g/mol. The molecule has 3 amide bonds. The van der Waals surface area contributed by atoms with Crippen LogP contribution in [-0.2, 0) is 14.3 Å². The Labute approximate surface area is 204 Å². The van der Waals surface area contributed by atoms with E-state index in [2.05, 4.69) is 15.5 Å². The topological polar surface area (TPSA) is 91.0 Å². The average Bonchev–Trinajstić information content (AvgIpc) is 3.41. The van der Waals surface area contributed by atoms with Crippen LogP contribution in [-0.4, -0.2) is 78.1 Å². The van der Waals surface area contributed by atoms with Gasteiger partial charge in [0.1, 0.15) is 11.6 Å². The van der Waals surface area contributed by atoms with Gasteiger partial charge >= 0.3 is 6.09 Å². The number of hydrogen-bond donors (Lipinski definition) is 2. The lowest BCUT2D eigenvalue weighted by molar-refractivity contribution is -0.132. The van der Waals surface area contributed by atoms with Crippen molar-refractivity contribution in [3.05, 3.63) is 0 Å². The maximum Gasteiger partial charge on any atom is 0.408 e. The van der Waals surface area contributed by atoms with Crippen molar-refractivity contribution < 1.29 is 19.1 Å². The van der Waals surface area contributed by atoms with Crippen LogP contribution in [0.15, 0.2) is 0 Å². The van der Waals surface area contributed by atoms with Crippen LogP contribution < -0.4 is 10.6 Å². The van der Waals surface area contributed by atoms with Crippen LogP contribution in [0.1, 0.15) is 85.0 Å². The van der Waals surface area contributed by atoms with Crippen molar-refractivity contribution in [2.75, 3.05) is 32.7 Å². The van der Waals surface area contributed by atoms with Crippen LogP contribution in [0, 0.1) is 11.3 Å². The summed E-state index contributed by atoms with van der Waals surface area (Å²) in [4.78, 5) is 42.7. The van der Waals surface area contributed by atoms with Crippen molar-refractivity contribution in [2.45, 2.75) is 103 Å². The zero-order valence-corrected chi connectivity index (χ0v) is 21.4. The Balaban J connectivity index is 1.27. The van der Waals surface area contributed by atoms with Crippen molar-refractivity contribution in [3.8, 4) is 0 Å². The van der Waals surface area contributed by atoms with E-state index in [1.807, 2.05) is 25.7 Å². The Morgan fingerprint density at radius 3 is 2.32 bits per heavy atom. The fourth-order valence-electron chi connectivity index (χ4n) is 6.39. The van der Waals surface area contributed by atoms with Crippen molar-refractivity contribution in [2.24, 2.45) is 11.3 Å². The van der Waals surface area contributed by atoms with Gasteiger partial charge in [0.05, 0.1) is 6.54 Å². The highest BCUT2D eigenvalue weighted by atomic mass is 16.6. The number of alkyl carbamates (subject to hydrolysis) is 1. The fourth-order valence-corrected chi connectivity index (χ4v) is 6.39. The number of rotatable bonds is 6. The molecule has 4 rings (SSSR count). The third kappa shape index (κ3) is 6.43. The summed E-state index contributed by atoms with van der Waals surface area (Å²) in [5.41, 5.74) is -0.448. The van der Waals surface area contributed by atoms with Crippen LogP contribution in [0.25, 0.3) is 0 Å². The molecule has 0 aromatic carbocycles. The zero-order chi connectivity index (χ0) is 24.3. The molecule has 0 aromatic heterocycles. The normalized spacial score (nSPS) is 29.0. The van der Waals surface area contributed by atoms with Gasteiger partial charge in [-0.3, -0.25) is 14.5 Å². The van der Waals surface area contributed by atoms with Gasteiger partial charge < -0.3 is 20.3 Å². The van der Waals surface area contributed by atoms with Crippen molar-refractivity contribution in [1.29, 1.82) is 0 Å². The standard InChI is InChI=1S/C26H44N4O4/c1-25(2,3)34-24(33)28-22(19-9-5-4-6-10-19)23(32)27-20-15-26(16-20)11-14-30(18-26)21(31)17-29-12-7-8-13-29/h19-20,22H,4-18H2,1-3H3,(H,27,32)(H,28,33)/t20?,22-,26?/m0/s1. The largest absolute Gasteiger partial charge is 0.444 e.